The van der Waals surface area contributed by atoms with Crippen molar-refractivity contribution in [3.8, 4) is 0 Å². The molecule has 0 atom stereocenters. The van der Waals surface area contributed by atoms with E-state index in [1.165, 1.54) is 23.6 Å². The highest BCUT2D eigenvalue weighted by Gasteiger charge is 2.12. The molecule has 2 aromatic rings. The van der Waals surface area contributed by atoms with Gasteiger partial charge in [0.25, 0.3) is 0 Å². The second kappa shape index (κ2) is 5.11. The number of anilines is 1. The van der Waals surface area contributed by atoms with E-state index in [2.05, 4.69) is 15.3 Å². The molecule has 2 rings (SSSR count). The molecule has 2 heterocycles. The van der Waals surface area contributed by atoms with Gasteiger partial charge in [0.1, 0.15) is 5.82 Å². The normalized spacial score (nSPS) is 10.2. The fourth-order valence-corrected chi connectivity index (χ4v) is 2.03. The molecule has 0 unspecified atom stereocenters. The molecule has 5 nitrogen and oxygen atoms in total. The van der Waals surface area contributed by atoms with Gasteiger partial charge in [-0.3, -0.25) is 4.98 Å². The largest absolute Gasteiger partial charge is 0.478 e. The Morgan fingerprint density at radius 1 is 1.59 bits per heavy atom. The van der Waals surface area contributed by atoms with Crippen molar-refractivity contribution in [3.05, 3.63) is 39.4 Å². The van der Waals surface area contributed by atoms with Crippen LogP contribution in [0.4, 0.5) is 5.82 Å². The number of pyridine rings is 1. The number of hydrogen-bond donors (Lipinski definition) is 2. The van der Waals surface area contributed by atoms with Gasteiger partial charge < -0.3 is 10.4 Å². The van der Waals surface area contributed by atoms with Crippen molar-refractivity contribution >= 4 is 34.7 Å². The highest BCUT2D eigenvalue weighted by atomic mass is 35.5. The lowest BCUT2D eigenvalue weighted by molar-refractivity contribution is 0.0697. The van der Waals surface area contributed by atoms with Gasteiger partial charge in [0, 0.05) is 17.3 Å². The SMILES string of the molecule is O=C(O)c1ccnc(NCc2cncs2)c1Cl. The van der Waals surface area contributed by atoms with Gasteiger partial charge in [-0.25, -0.2) is 9.78 Å². The van der Waals surface area contributed by atoms with Crippen LogP contribution in [0.3, 0.4) is 0 Å². The van der Waals surface area contributed by atoms with E-state index in [4.69, 9.17) is 16.7 Å². The summed E-state index contributed by atoms with van der Waals surface area (Å²) in [5.41, 5.74) is 1.76. The zero-order valence-corrected chi connectivity index (χ0v) is 10.1. The molecule has 7 heteroatoms. The van der Waals surface area contributed by atoms with Gasteiger partial charge in [-0.2, -0.15) is 0 Å². The van der Waals surface area contributed by atoms with Crippen molar-refractivity contribution in [2.24, 2.45) is 0 Å². The maximum atomic E-state index is 10.9. The number of halogens is 1. The molecule has 0 amide bonds. The summed E-state index contributed by atoms with van der Waals surface area (Å²) in [5, 5.41) is 12.0. The molecule has 0 radical (unpaired) electrons. The van der Waals surface area contributed by atoms with Crippen LogP contribution in [0, 0.1) is 0 Å². The first kappa shape index (κ1) is 11.8. The average Bonchev–Trinajstić information content (AvgIpc) is 2.80. The topological polar surface area (TPSA) is 75.1 Å². The van der Waals surface area contributed by atoms with Crippen LogP contribution in [0.2, 0.25) is 5.02 Å². The molecule has 0 saturated carbocycles. The summed E-state index contributed by atoms with van der Waals surface area (Å²) in [7, 11) is 0. The van der Waals surface area contributed by atoms with Crippen LogP contribution in [-0.2, 0) is 6.54 Å². The second-order valence-corrected chi connectivity index (χ2v) is 4.50. The van der Waals surface area contributed by atoms with Crippen LogP contribution < -0.4 is 5.32 Å². The van der Waals surface area contributed by atoms with Crippen LogP contribution in [0.15, 0.2) is 24.0 Å². The summed E-state index contributed by atoms with van der Waals surface area (Å²) in [5.74, 6) is -0.710. The highest BCUT2D eigenvalue weighted by molar-refractivity contribution is 7.09. The van der Waals surface area contributed by atoms with Crippen LogP contribution >= 0.6 is 22.9 Å². The van der Waals surface area contributed by atoms with E-state index in [1.807, 2.05) is 0 Å². The van der Waals surface area contributed by atoms with Gasteiger partial charge in [-0.1, -0.05) is 11.6 Å². The van der Waals surface area contributed by atoms with Gasteiger partial charge >= 0.3 is 5.97 Å². The lowest BCUT2D eigenvalue weighted by Crippen LogP contribution is -2.04. The van der Waals surface area contributed by atoms with E-state index < -0.39 is 5.97 Å². The van der Waals surface area contributed by atoms with Gasteiger partial charge in [-0.15, -0.1) is 11.3 Å². The zero-order chi connectivity index (χ0) is 12.3. The van der Waals surface area contributed by atoms with Crippen molar-refractivity contribution in [1.29, 1.82) is 0 Å². The summed E-state index contributed by atoms with van der Waals surface area (Å²) in [6, 6.07) is 1.36. The van der Waals surface area contributed by atoms with E-state index in [0.717, 1.165) is 4.88 Å². The number of carboxylic acids is 1. The first-order chi connectivity index (χ1) is 8.18. The molecule has 0 aliphatic rings. The minimum atomic E-state index is -1.07. The lowest BCUT2D eigenvalue weighted by atomic mass is 10.2. The van der Waals surface area contributed by atoms with Crippen LogP contribution in [0.5, 0.6) is 0 Å². The number of aromatic carboxylic acids is 1. The van der Waals surface area contributed by atoms with Crippen LogP contribution in [0.25, 0.3) is 0 Å². The van der Waals surface area contributed by atoms with Gasteiger partial charge in [0.05, 0.1) is 22.6 Å². The minimum absolute atomic E-state index is 0.0356. The molecule has 2 aromatic heterocycles. The smallest absolute Gasteiger partial charge is 0.337 e. The third kappa shape index (κ3) is 2.72. The quantitative estimate of drug-likeness (QED) is 0.892. The molecule has 0 spiro atoms. The lowest BCUT2D eigenvalue weighted by Gasteiger charge is -2.07. The number of nitrogens with one attached hydrogen (secondary N) is 1. The third-order valence-corrected chi connectivity index (χ3v) is 3.20. The number of carboxylic acid groups (broad SMARTS) is 1. The Labute approximate surface area is 106 Å². The van der Waals surface area contributed by atoms with Gasteiger partial charge in [0.15, 0.2) is 0 Å². The molecular weight excluding hydrogens is 262 g/mol. The molecule has 17 heavy (non-hydrogen) atoms. The van der Waals surface area contributed by atoms with E-state index in [-0.39, 0.29) is 10.6 Å². The van der Waals surface area contributed by atoms with Crippen LogP contribution in [0.1, 0.15) is 15.2 Å². The fourth-order valence-electron chi connectivity index (χ4n) is 1.23. The van der Waals surface area contributed by atoms with E-state index in [9.17, 15) is 4.79 Å². The predicted molar refractivity (Wildman–Crippen MR) is 65.6 cm³/mol. The van der Waals surface area contributed by atoms with Gasteiger partial charge in [-0.05, 0) is 6.07 Å². The summed E-state index contributed by atoms with van der Waals surface area (Å²) >= 11 is 7.42. The van der Waals surface area contributed by atoms with Crippen molar-refractivity contribution in [2.45, 2.75) is 6.54 Å². The Hall–Kier alpha value is -1.66. The number of nitrogens with zero attached hydrogens (tertiary/aromatic N) is 2. The summed E-state index contributed by atoms with van der Waals surface area (Å²) < 4.78 is 0. The first-order valence-electron chi connectivity index (χ1n) is 4.67. The molecule has 0 bridgehead atoms. The Balaban J connectivity index is 2.16. The summed E-state index contributed by atoms with van der Waals surface area (Å²) in [4.78, 5) is 19.8. The number of carbonyl (C=O) groups is 1. The highest BCUT2D eigenvalue weighted by Crippen LogP contribution is 2.24. The van der Waals surface area contributed by atoms with E-state index >= 15 is 0 Å². The Bertz CT molecular complexity index is 530. The Morgan fingerprint density at radius 3 is 3.06 bits per heavy atom. The minimum Gasteiger partial charge on any atom is -0.478 e. The van der Waals surface area contributed by atoms with Crippen molar-refractivity contribution in [1.82, 2.24) is 9.97 Å². The van der Waals surface area contributed by atoms with E-state index in [1.54, 1.807) is 11.7 Å². The first-order valence-corrected chi connectivity index (χ1v) is 5.93. The fraction of sp³-hybridized carbons (Fsp3) is 0.100. The standard InChI is InChI=1S/C10H8ClN3O2S/c11-8-7(10(15)16)1-2-13-9(8)14-4-6-3-12-5-17-6/h1-3,5H,4H2,(H,13,14)(H,15,16). The molecular formula is C10H8ClN3O2S. The molecule has 0 saturated heterocycles. The second-order valence-electron chi connectivity index (χ2n) is 3.15. The maximum absolute atomic E-state index is 10.9. The van der Waals surface area contributed by atoms with Crippen molar-refractivity contribution in [3.63, 3.8) is 0 Å². The Morgan fingerprint density at radius 2 is 2.41 bits per heavy atom. The maximum Gasteiger partial charge on any atom is 0.337 e. The number of aromatic nitrogens is 2. The number of hydrogen-bond acceptors (Lipinski definition) is 5. The van der Waals surface area contributed by atoms with Crippen molar-refractivity contribution < 1.29 is 9.90 Å². The van der Waals surface area contributed by atoms with E-state index in [0.29, 0.717) is 12.4 Å². The third-order valence-electron chi connectivity index (χ3n) is 2.03. The molecule has 0 aliphatic heterocycles. The zero-order valence-electron chi connectivity index (χ0n) is 8.55. The average molecular weight is 270 g/mol. The molecule has 0 fully saturated rings. The Kier molecular flexibility index (Phi) is 3.55. The molecule has 0 aliphatic carbocycles. The number of rotatable bonds is 4. The molecule has 2 N–H and O–H groups in total. The predicted octanol–water partition coefficient (Wildman–Crippen LogP) is 2.50. The summed E-state index contributed by atoms with van der Waals surface area (Å²) in [6.07, 6.45) is 3.14. The van der Waals surface area contributed by atoms with Gasteiger partial charge in [0.2, 0.25) is 0 Å². The van der Waals surface area contributed by atoms with Crippen LogP contribution in [-0.4, -0.2) is 21.0 Å². The monoisotopic (exact) mass is 269 g/mol. The molecule has 88 valence electrons. The summed E-state index contributed by atoms with van der Waals surface area (Å²) in [6.45, 7) is 0.514. The number of thiazole rings is 1. The van der Waals surface area contributed by atoms with Crippen molar-refractivity contribution in [2.75, 3.05) is 5.32 Å². The molecule has 0 aromatic carbocycles.